The highest BCUT2D eigenvalue weighted by Crippen LogP contribution is 2.12. The summed E-state index contributed by atoms with van der Waals surface area (Å²) in [6, 6.07) is 1.79. The monoisotopic (exact) mass is 211 g/mol. The fourth-order valence-corrected chi connectivity index (χ4v) is 1.00. The van der Waals surface area contributed by atoms with Gasteiger partial charge in [-0.25, -0.2) is 0 Å². The summed E-state index contributed by atoms with van der Waals surface area (Å²) < 4.78 is 4.88. The van der Waals surface area contributed by atoms with Crippen molar-refractivity contribution in [3.63, 3.8) is 0 Å². The predicted molar refractivity (Wildman–Crippen MR) is 55.9 cm³/mol. The normalized spacial score (nSPS) is 11.5. The first kappa shape index (κ1) is 11.7. The molecule has 0 spiro atoms. The van der Waals surface area contributed by atoms with Crippen LogP contribution in [0.15, 0.2) is 10.6 Å². The largest absolute Gasteiger partial charge is 0.361 e. The van der Waals surface area contributed by atoms with Gasteiger partial charge in [-0.2, -0.15) is 0 Å². The van der Waals surface area contributed by atoms with Crippen molar-refractivity contribution >= 4 is 5.91 Å². The summed E-state index contributed by atoms with van der Waals surface area (Å²) in [5.74, 6) is 0.656. The molecule has 84 valence electrons. The van der Waals surface area contributed by atoms with Gasteiger partial charge >= 0.3 is 0 Å². The molecule has 1 rings (SSSR count). The molecule has 3 N–H and O–H groups in total. The van der Waals surface area contributed by atoms with E-state index >= 15 is 0 Å². The Morgan fingerprint density at radius 3 is 2.80 bits per heavy atom. The third-order valence-corrected chi connectivity index (χ3v) is 2.23. The van der Waals surface area contributed by atoms with Crippen LogP contribution in [0.25, 0.3) is 0 Å². The molecule has 1 aromatic heterocycles. The molecule has 1 heterocycles. The van der Waals surface area contributed by atoms with Crippen molar-refractivity contribution in [2.45, 2.75) is 27.3 Å². The third kappa shape index (κ3) is 3.06. The first-order valence-corrected chi connectivity index (χ1v) is 4.86. The SMILES string of the molecule is Cc1cc(CNC(=O)C(C)(C)CN)no1. The quantitative estimate of drug-likeness (QED) is 0.763. The molecule has 0 atom stereocenters. The molecule has 1 amide bonds. The Morgan fingerprint density at radius 1 is 1.67 bits per heavy atom. The molecule has 1 aromatic rings. The van der Waals surface area contributed by atoms with Crippen molar-refractivity contribution < 1.29 is 9.32 Å². The van der Waals surface area contributed by atoms with Gasteiger partial charge in [0.15, 0.2) is 0 Å². The molecule has 0 bridgehead atoms. The van der Waals surface area contributed by atoms with E-state index in [1.165, 1.54) is 0 Å². The molecule has 0 radical (unpaired) electrons. The minimum atomic E-state index is -0.543. The van der Waals surface area contributed by atoms with Crippen LogP contribution in [-0.2, 0) is 11.3 Å². The van der Waals surface area contributed by atoms with Crippen molar-refractivity contribution in [3.8, 4) is 0 Å². The second-order valence-electron chi connectivity index (χ2n) is 4.20. The zero-order valence-corrected chi connectivity index (χ0v) is 9.33. The standard InChI is InChI=1S/C10H17N3O2/c1-7-4-8(13-15-7)5-12-9(14)10(2,3)6-11/h4H,5-6,11H2,1-3H3,(H,12,14). The van der Waals surface area contributed by atoms with Crippen LogP contribution in [0.4, 0.5) is 0 Å². The number of hydrogen-bond acceptors (Lipinski definition) is 4. The highest BCUT2D eigenvalue weighted by molar-refractivity contribution is 5.81. The molecule has 0 aliphatic carbocycles. The average molecular weight is 211 g/mol. The molecule has 0 saturated heterocycles. The Balaban J connectivity index is 2.47. The molecule has 0 saturated carbocycles. The number of amides is 1. The van der Waals surface area contributed by atoms with Crippen LogP contribution in [0, 0.1) is 12.3 Å². The topological polar surface area (TPSA) is 81.2 Å². The van der Waals surface area contributed by atoms with E-state index in [1.54, 1.807) is 19.9 Å². The van der Waals surface area contributed by atoms with Crippen molar-refractivity contribution in [1.82, 2.24) is 10.5 Å². The Hall–Kier alpha value is -1.36. The van der Waals surface area contributed by atoms with Crippen molar-refractivity contribution in [3.05, 3.63) is 17.5 Å². The van der Waals surface area contributed by atoms with Gasteiger partial charge in [-0.15, -0.1) is 0 Å². The number of nitrogens with one attached hydrogen (secondary N) is 1. The van der Waals surface area contributed by atoms with Gasteiger partial charge in [-0.1, -0.05) is 5.16 Å². The van der Waals surface area contributed by atoms with Gasteiger partial charge in [0.2, 0.25) is 5.91 Å². The van der Waals surface area contributed by atoms with E-state index in [0.29, 0.717) is 18.8 Å². The molecule has 0 aromatic carbocycles. The van der Waals surface area contributed by atoms with Crippen LogP contribution in [0.5, 0.6) is 0 Å². The molecule has 15 heavy (non-hydrogen) atoms. The Bertz CT molecular complexity index is 344. The second kappa shape index (κ2) is 4.44. The number of carbonyl (C=O) groups excluding carboxylic acids is 1. The van der Waals surface area contributed by atoms with Crippen molar-refractivity contribution in [2.75, 3.05) is 6.54 Å². The molecule has 5 heteroatoms. The number of aromatic nitrogens is 1. The Morgan fingerprint density at radius 2 is 2.33 bits per heavy atom. The van der Waals surface area contributed by atoms with E-state index in [-0.39, 0.29) is 5.91 Å². The van der Waals surface area contributed by atoms with Crippen LogP contribution >= 0.6 is 0 Å². The van der Waals surface area contributed by atoms with E-state index in [1.807, 2.05) is 6.92 Å². The fraction of sp³-hybridized carbons (Fsp3) is 0.600. The zero-order chi connectivity index (χ0) is 11.5. The number of hydrogen-bond donors (Lipinski definition) is 2. The smallest absolute Gasteiger partial charge is 0.227 e. The number of aryl methyl sites for hydroxylation is 1. The second-order valence-corrected chi connectivity index (χ2v) is 4.20. The first-order valence-electron chi connectivity index (χ1n) is 4.86. The summed E-state index contributed by atoms with van der Waals surface area (Å²) in [6.07, 6.45) is 0. The summed E-state index contributed by atoms with van der Waals surface area (Å²) in [7, 11) is 0. The zero-order valence-electron chi connectivity index (χ0n) is 9.33. The molecule has 5 nitrogen and oxygen atoms in total. The summed E-state index contributed by atoms with van der Waals surface area (Å²) in [6.45, 7) is 6.10. The lowest BCUT2D eigenvalue weighted by molar-refractivity contribution is -0.129. The Kier molecular flexibility index (Phi) is 3.47. The van der Waals surface area contributed by atoms with Crippen LogP contribution < -0.4 is 11.1 Å². The van der Waals surface area contributed by atoms with Gasteiger partial charge in [-0.05, 0) is 20.8 Å². The van der Waals surface area contributed by atoms with E-state index in [4.69, 9.17) is 10.3 Å². The van der Waals surface area contributed by atoms with E-state index < -0.39 is 5.41 Å². The van der Waals surface area contributed by atoms with Gasteiger partial charge in [0.05, 0.1) is 12.0 Å². The number of nitrogens with zero attached hydrogens (tertiary/aromatic N) is 1. The van der Waals surface area contributed by atoms with E-state index in [2.05, 4.69) is 10.5 Å². The number of rotatable bonds is 4. The third-order valence-electron chi connectivity index (χ3n) is 2.23. The maximum absolute atomic E-state index is 11.6. The fourth-order valence-electron chi connectivity index (χ4n) is 1.00. The lowest BCUT2D eigenvalue weighted by atomic mass is 9.93. The summed E-state index contributed by atoms with van der Waals surface area (Å²) in [5.41, 5.74) is 5.66. The van der Waals surface area contributed by atoms with Crippen LogP contribution in [0.3, 0.4) is 0 Å². The minimum Gasteiger partial charge on any atom is -0.361 e. The van der Waals surface area contributed by atoms with Crippen molar-refractivity contribution in [1.29, 1.82) is 0 Å². The minimum absolute atomic E-state index is 0.0781. The molecular formula is C10H17N3O2. The summed E-state index contributed by atoms with van der Waals surface area (Å²) in [5, 5.41) is 6.54. The number of nitrogens with two attached hydrogens (primary N) is 1. The summed E-state index contributed by atoms with van der Waals surface area (Å²) in [4.78, 5) is 11.6. The maximum Gasteiger partial charge on any atom is 0.227 e. The predicted octanol–water partition coefficient (Wildman–Crippen LogP) is 0.584. The highest BCUT2D eigenvalue weighted by atomic mass is 16.5. The van der Waals surface area contributed by atoms with E-state index in [9.17, 15) is 4.79 Å². The van der Waals surface area contributed by atoms with Crippen LogP contribution in [-0.4, -0.2) is 17.6 Å². The van der Waals surface area contributed by atoms with Gasteiger partial charge in [-0.3, -0.25) is 4.79 Å². The number of carbonyl (C=O) groups is 1. The molecule has 0 fully saturated rings. The van der Waals surface area contributed by atoms with E-state index in [0.717, 1.165) is 5.76 Å². The lowest BCUT2D eigenvalue weighted by Gasteiger charge is -2.20. The molecular weight excluding hydrogens is 194 g/mol. The first-order chi connectivity index (χ1) is 6.95. The van der Waals surface area contributed by atoms with Gasteiger partial charge in [0.1, 0.15) is 11.5 Å². The molecule has 0 aliphatic heterocycles. The highest BCUT2D eigenvalue weighted by Gasteiger charge is 2.25. The summed E-state index contributed by atoms with van der Waals surface area (Å²) >= 11 is 0. The lowest BCUT2D eigenvalue weighted by Crippen LogP contribution is -2.41. The average Bonchev–Trinajstić information content (AvgIpc) is 2.60. The molecule has 0 aliphatic rings. The maximum atomic E-state index is 11.6. The molecule has 0 unspecified atom stereocenters. The Labute approximate surface area is 89.0 Å². The van der Waals surface area contributed by atoms with Crippen LogP contribution in [0.1, 0.15) is 25.3 Å². The van der Waals surface area contributed by atoms with Gasteiger partial charge < -0.3 is 15.6 Å². The van der Waals surface area contributed by atoms with Crippen molar-refractivity contribution in [2.24, 2.45) is 11.1 Å². The van der Waals surface area contributed by atoms with Gasteiger partial charge in [0, 0.05) is 12.6 Å². The van der Waals surface area contributed by atoms with Gasteiger partial charge in [0.25, 0.3) is 0 Å². The van der Waals surface area contributed by atoms with Crippen LogP contribution in [0.2, 0.25) is 0 Å².